The third kappa shape index (κ3) is 3.48. The fraction of sp³-hybridized carbons (Fsp3) is 0.867. The van der Waals surface area contributed by atoms with Crippen molar-refractivity contribution in [2.24, 2.45) is 11.1 Å². The smallest absolute Gasteiger partial charge is 0.413 e. The zero-order chi connectivity index (χ0) is 16.6. The second-order valence-corrected chi connectivity index (χ2v) is 7.63. The van der Waals surface area contributed by atoms with Gasteiger partial charge in [-0.15, -0.1) is 0 Å². The molecule has 1 saturated heterocycles. The summed E-state index contributed by atoms with van der Waals surface area (Å²) in [6.07, 6.45) is -0.742. The van der Waals surface area contributed by atoms with Gasteiger partial charge in [-0.1, -0.05) is 27.7 Å². The fourth-order valence-corrected chi connectivity index (χ4v) is 2.44. The summed E-state index contributed by atoms with van der Waals surface area (Å²) in [6, 6.07) is 0. The second kappa shape index (κ2) is 5.48. The Kier molecular flexibility index (Phi) is 4.63. The molecule has 21 heavy (non-hydrogen) atoms. The quantitative estimate of drug-likeness (QED) is 0.848. The van der Waals surface area contributed by atoms with Gasteiger partial charge in [-0.25, -0.2) is 4.79 Å². The van der Waals surface area contributed by atoms with Crippen LogP contribution in [-0.2, 0) is 14.3 Å². The molecule has 0 aromatic carbocycles. The van der Waals surface area contributed by atoms with Crippen LogP contribution in [0.5, 0.6) is 0 Å². The number of carbonyl (C=O) groups is 2. The van der Waals surface area contributed by atoms with E-state index in [0.29, 0.717) is 6.42 Å². The summed E-state index contributed by atoms with van der Waals surface area (Å²) in [5.41, 5.74) is 3.41. The van der Waals surface area contributed by atoms with Gasteiger partial charge < -0.3 is 15.2 Å². The molecule has 1 aliphatic rings. The molecule has 2 atom stereocenters. The van der Waals surface area contributed by atoms with Crippen LogP contribution in [0.2, 0.25) is 0 Å². The molecular formula is C15H28N2O4. The van der Waals surface area contributed by atoms with Crippen molar-refractivity contribution in [1.82, 2.24) is 4.90 Å². The summed E-state index contributed by atoms with van der Waals surface area (Å²) < 4.78 is 11.2. The van der Waals surface area contributed by atoms with Gasteiger partial charge in [-0.3, -0.25) is 9.69 Å². The maximum atomic E-state index is 12.6. The summed E-state index contributed by atoms with van der Waals surface area (Å²) in [6.45, 7) is 13.1. The predicted octanol–water partition coefficient (Wildman–Crippen LogP) is 2.26. The Morgan fingerprint density at radius 2 is 1.81 bits per heavy atom. The van der Waals surface area contributed by atoms with Crippen LogP contribution in [0.3, 0.4) is 0 Å². The summed E-state index contributed by atoms with van der Waals surface area (Å²) in [5, 5.41) is 0. The molecule has 0 aliphatic carbocycles. The number of nitrogens with two attached hydrogens (primary N) is 1. The third-order valence-corrected chi connectivity index (χ3v) is 3.55. The molecule has 6 heteroatoms. The minimum absolute atomic E-state index is 0.0972. The van der Waals surface area contributed by atoms with Crippen molar-refractivity contribution in [1.29, 1.82) is 0 Å². The molecule has 0 aromatic heterocycles. The lowest BCUT2D eigenvalue weighted by Gasteiger charge is -2.40. The van der Waals surface area contributed by atoms with Crippen molar-refractivity contribution >= 4 is 12.0 Å². The van der Waals surface area contributed by atoms with Crippen molar-refractivity contribution in [3.63, 3.8) is 0 Å². The molecule has 0 bridgehead atoms. The van der Waals surface area contributed by atoms with E-state index in [0.717, 1.165) is 0 Å². The van der Waals surface area contributed by atoms with Gasteiger partial charge in [0, 0.05) is 5.41 Å². The molecule has 6 nitrogen and oxygen atoms in total. The number of hydrogen-bond donors (Lipinski definition) is 1. The van der Waals surface area contributed by atoms with Crippen LogP contribution in [0.1, 0.15) is 54.9 Å². The molecule has 1 rings (SSSR count). The third-order valence-electron chi connectivity index (χ3n) is 3.55. The van der Waals surface area contributed by atoms with Crippen LogP contribution in [0, 0.1) is 5.41 Å². The van der Waals surface area contributed by atoms with Crippen LogP contribution >= 0.6 is 0 Å². The van der Waals surface area contributed by atoms with Gasteiger partial charge in [-0.05, 0) is 27.2 Å². The van der Waals surface area contributed by atoms with Crippen molar-refractivity contribution in [3.05, 3.63) is 0 Å². The van der Waals surface area contributed by atoms with E-state index in [-0.39, 0.29) is 12.0 Å². The number of ether oxygens (including phenoxy) is 2. The van der Waals surface area contributed by atoms with Gasteiger partial charge in [-0.2, -0.15) is 0 Å². The van der Waals surface area contributed by atoms with Gasteiger partial charge in [0.25, 0.3) is 0 Å². The fourth-order valence-electron chi connectivity index (χ4n) is 2.44. The Hall–Kier alpha value is -1.30. The highest BCUT2D eigenvalue weighted by molar-refractivity contribution is 5.89. The second-order valence-electron chi connectivity index (χ2n) is 7.63. The summed E-state index contributed by atoms with van der Waals surface area (Å²) >= 11 is 0. The van der Waals surface area contributed by atoms with Crippen LogP contribution in [0.15, 0.2) is 0 Å². The number of primary amides is 1. The van der Waals surface area contributed by atoms with E-state index in [1.165, 1.54) is 4.90 Å². The maximum Gasteiger partial charge on any atom is 0.413 e. The van der Waals surface area contributed by atoms with Crippen LogP contribution in [-0.4, -0.2) is 40.9 Å². The number of carbonyl (C=O) groups excluding carboxylic acids is 2. The van der Waals surface area contributed by atoms with Gasteiger partial charge in [0.1, 0.15) is 17.4 Å². The van der Waals surface area contributed by atoms with Gasteiger partial charge >= 0.3 is 6.09 Å². The topological polar surface area (TPSA) is 81.9 Å². The van der Waals surface area contributed by atoms with E-state index in [4.69, 9.17) is 15.2 Å². The molecule has 2 amide bonds. The maximum absolute atomic E-state index is 12.6. The largest absolute Gasteiger partial charge is 0.444 e. The molecule has 0 spiro atoms. The van der Waals surface area contributed by atoms with E-state index >= 15 is 0 Å². The highest BCUT2D eigenvalue weighted by atomic mass is 16.6. The average Bonchev–Trinajstić information content (AvgIpc) is 2.66. The number of nitrogens with zero attached hydrogens (tertiary/aromatic N) is 1. The monoisotopic (exact) mass is 300 g/mol. The average molecular weight is 300 g/mol. The highest BCUT2D eigenvalue weighted by Crippen LogP contribution is 2.39. The van der Waals surface area contributed by atoms with Crippen LogP contribution in [0.4, 0.5) is 4.79 Å². The first kappa shape index (κ1) is 17.8. The molecule has 122 valence electrons. The van der Waals surface area contributed by atoms with Crippen molar-refractivity contribution in [3.8, 4) is 0 Å². The van der Waals surface area contributed by atoms with Gasteiger partial charge in [0.15, 0.2) is 0 Å². The van der Waals surface area contributed by atoms with E-state index in [1.54, 1.807) is 20.8 Å². The van der Waals surface area contributed by atoms with E-state index < -0.39 is 29.4 Å². The normalized spacial score (nSPS) is 26.8. The number of rotatable bonds is 2. The lowest BCUT2D eigenvalue weighted by atomic mass is 9.89. The molecule has 1 heterocycles. The predicted molar refractivity (Wildman–Crippen MR) is 79.5 cm³/mol. The first-order valence-corrected chi connectivity index (χ1v) is 7.29. The molecule has 2 N–H and O–H groups in total. The molecule has 1 aliphatic heterocycles. The van der Waals surface area contributed by atoms with Crippen molar-refractivity contribution in [2.75, 3.05) is 6.61 Å². The Labute approximate surface area is 126 Å². The zero-order valence-electron chi connectivity index (χ0n) is 14.1. The Morgan fingerprint density at radius 3 is 2.14 bits per heavy atom. The minimum atomic E-state index is -1.15. The van der Waals surface area contributed by atoms with Crippen LogP contribution in [0.25, 0.3) is 0 Å². The van der Waals surface area contributed by atoms with E-state index in [2.05, 4.69) is 0 Å². The number of hydrogen-bond acceptors (Lipinski definition) is 4. The summed E-state index contributed by atoms with van der Waals surface area (Å²) in [4.78, 5) is 26.0. The highest BCUT2D eigenvalue weighted by Gasteiger charge is 2.57. The van der Waals surface area contributed by atoms with Crippen molar-refractivity contribution in [2.45, 2.75) is 72.3 Å². The summed E-state index contributed by atoms with van der Waals surface area (Å²) in [5.74, 6) is -0.567. The first-order valence-electron chi connectivity index (χ1n) is 7.29. The lowest BCUT2D eigenvalue weighted by Crippen LogP contribution is -2.61. The standard InChI is InChI=1S/C15H28N2O4/c1-8-15(10(16)18)9-20-11(13(2,3)4)17(15)12(19)21-14(5,6)7/h11H,8-9H2,1-7H3,(H2,16,18). The molecule has 0 aromatic rings. The molecule has 1 fully saturated rings. The Morgan fingerprint density at radius 1 is 1.29 bits per heavy atom. The Bertz CT molecular complexity index is 422. The minimum Gasteiger partial charge on any atom is -0.444 e. The SMILES string of the molecule is CCC1(C(N)=O)COC(C(C)(C)C)N1C(=O)OC(C)(C)C. The van der Waals surface area contributed by atoms with E-state index in [9.17, 15) is 9.59 Å². The zero-order valence-corrected chi connectivity index (χ0v) is 14.1. The first-order chi connectivity index (χ1) is 9.35. The lowest BCUT2D eigenvalue weighted by molar-refractivity contribution is -0.130. The number of amides is 2. The van der Waals surface area contributed by atoms with Gasteiger partial charge in [0.05, 0.1) is 6.61 Å². The van der Waals surface area contributed by atoms with Crippen LogP contribution < -0.4 is 5.73 Å². The molecule has 2 unspecified atom stereocenters. The van der Waals surface area contributed by atoms with Gasteiger partial charge in [0.2, 0.25) is 5.91 Å². The molecule has 0 radical (unpaired) electrons. The van der Waals surface area contributed by atoms with E-state index in [1.807, 2.05) is 27.7 Å². The molecular weight excluding hydrogens is 272 g/mol. The Balaban J connectivity index is 3.25. The summed E-state index contributed by atoms with van der Waals surface area (Å²) in [7, 11) is 0. The molecule has 0 saturated carbocycles. The van der Waals surface area contributed by atoms with Crippen molar-refractivity contribution < 1.29 is 19.1 Å².